The molecule has 66 valence electrons. The molecule has 0 spiro atoms. The molecule has 0 heterocycles. The van der Waals surface area contributed by atoms with Crippen LogP contribution in [-0.2, 0) is 8.92 Å². The van der Waals surface area contributed by atoms with Gasteiger partial charge in [0.15, 0.2) is 0 Å². The third kappa shape index (κ3) is 689000. The predicted octanol–water partition coefficient (Wildman–Crippen LogP) is -2.23. The van der Waals surface area contributed by atoms with Crippen LogP contribution in [0.2, 0.25) is 0 Å². The molecule has 6 nitrogen and oxygen atoms in total. The average Bonchev–Trinajstić information content (AvgIpc) is 1.60. The van der Waals surface area contributed by atoms with Crippen LogP contribution in [0.3, 0.4) is 0 Å². The molecule has 4 N–H and O–H groups in total. The molecule has 2 radical (unpaired) electrons. The van der Waals surface area contributed by atoms with Gasteiger partial charge in [0.2, 0.25) is 0 Å². The molecule has 0 saturated heterocycles. The van der Waals surface area contributed by atoms with E-state index in [1.54, 1.807) is 0 Å². The lowest BCUT2D eigenvalue weighted by molar-refractivity contribution is 0.328. The zero-order valence-corrected chi connectivity index (χ0v) is 9.37. The van der Waals surface area contributed by atoms with Gasteiger partial charge in [0.1, 0.15) is 0 Å². The van der Waals surface area contributed by atoms with E-state index in [2.05, 4.69) is 0 Å². The van der Waals surface area contributed by atoms with Crippen LogP contribution < -0.4 is 0 Å². The summed E-state index contributed by atoms with van der Waals surface area (Å²) in [5, 5.41) is 0. The van der Waals surface area contributed by atoms with Crippen molar-refractivity contribution in [1.29, 1.82) is 0 Å². The Labute approximate surface area is 77.1 Å². The van der Waals surface area contributed by atoms with Gasteiger partial charge < -0.3 is 19.2 Å². The Kier molecular flexibility index (Phi) is 25.9. The first-order valence-electron chi connectivity index (χ1n) is 1.68. The average molecular weight is 255 g/mol. The van der Waals surface area contributed by atoms with E-state index in [1.807, 2.05) is 0 Å². The van der Waals surface area contributed by atoms with Crippen LogP contribution in [0.15, 0.2) is 0 Å². The molecule has 11 heavy (non-hydrogen) atoms. The topological polar surface area (TPSA) is 115 Å². The number of rotatable bonds is 0. The summed E-state index contributed by atoms with van der Waals surface area (Å²) in [6, 6.07) is 0. The minimum absolute atomic E-state index is 0.0278. The molecule has 0 aromatic heterocycles. The summed E-state index contributed by atoms with van der Waals surface area (Å²) in [5.74, 6) is 0. The fourth-order valence-electron chi connectivity index (χ4n) is 0. The Balaban J connectivity index is -0.0000000886. The molecule has 0 fully saturated rings. The van der Waals surface area contributed by atoms with E-state index in [1.165, 1.54) is 0 Å². The molecule has 0 bridgehead atoms. The Hall–Kier alpha value is 0.0306. The van der Waals surface area contributed by atoms with Gasteiger partial charge in [-0.3, -0.25) is 8.92 Å². The second-order valence-corrected chi connectivity index (χ2v) is 3.62. The molecule has 0 saturated carbocycles. The summed E-state index contributed by atoms with van der Waals surface area (Å²) in [5.41, 5.74) is 0. The fraction of sp³-hybridized carbons (Fsp3) is 0. The third-order valence-electron chi connectivity index (χ3n) is 0. The zero-order chi connectivity index (χ0) is 9.86. The maximum absolute atomic E-state index is 8.74. The van der Waals surface area contributed by atoms with Gasteiger partial charge in [-0.05, 0) is 0 Å². The molecule has 0 rings (SSSR count). The van der Waals surface area contributed by atoms with Crippen molar-refractivity contribution in [1.82, 2.24) is 0 Å². The van der Waals surface area contributed by atoms with Crippen LogP contribution in [0.4, 0.5) is 0 Å². The van der Waals surface area contributed by atoms with Gasteiger partial charge in [0.25, 0.3) is 8.14 Å². The minimum Gasteiger partial charge on any atom is -0.511 e. The molecule has 0 unspecified atom stereocenters. The summed E-state index contributed by atoms with van der Waals surface area (Å²) < 4.78 is 17.5. The van der Waals surface area contributed by atoms with Crippen molar-refractivity contribution in [3.05, 3.63) is 0 Å². The van der Waals surface area contributed by atoms with Crippen LogP contribution in [0.1, 0.15) is 0 Å². The molecule has 0 aromatic rings. The van der Waals surface area contributed by atoms with Crippen molar-refractivity contribution in [3.63, 3.8) is 0 Å². The molecule has 0 aliphatic carbocycles. The van der Waals surface area contributed by atoms with E-state index in [4.69, 9.17) is 50.3 Å². The number of halogens is 2. The molecular formula is H4Cl2O6Si3. The highest BCUT2D eigenvalue weighted by atomic mass is 35.7. The van der Waals surface area contributed by atoms with Crippen molar-refractivity contribution in [3.8, 4) is 0 Å². The van der Waals surface area contributed by atoms with Crippen LogP contribution in [0.25, 0.3) is 0 Å². The Morgan fingerprint density at radius 3 is 0.909 bits per heavy atom. The van der Waals surface area contributed by atoms with E-state index in [9.17, 15) is 0 Å². The highest BCUT2D eigenvalue weighted by molar-refractivity contribution is 7.22. The van der Waals surface area contributed by atoms with Crippen LogP contribution in [-0.4, -0.2) is 45.7 Å². The molecule has 0 aliphatic heterocycles. The van der Waals surface area contributed by atoms with E-state index in [-0.39, 0.29) is 8.14 Å². The highest BCUT2D eigenvalue weighted by Gasteiger charge is 1.85. The summed E-state index contributed by atoms with van der Waals surface area (Å²) in [6.07, 6.45) is 0. The Bertz CT molecular complexity index is 84.0. The van der Waals surface area contributed by atoms with E-state index < -0.39 is 18.3 Å². The summed E-state index contributed by atoms with van der Waals surface area (Å²) in [6.45, 7) is 0. The third-order valence-corrected chi connectivity index (χ3v) is 0. The lowest BCUT2D eigenvalue weighted by Crippen LogP contribution is -1.90. The van der Waals surface area contributed by atoms with Gasteiger partial charge in [0, 0.05) is 0 Å². The number of hydrogen-bond acceptors (Lipinski definition) is 2. The molecule has 0 atom stereocenters. The number of hydrogen-bond donors (Lipinski definition) is 4. The standard InChI is InChI=1S/Cl2Si.2H2O3Si/c1-3-2;2*1-4(2)3/h;2*1-2H. The predicted molar refractivity (Wildman–Crippen MR) is 39.2 cm³/mol. The molecule has 0 amide bonds. The minimum atomic E-state index is -3.13. The van der Waals surface area contributed by atoms with Crippen molar-refractivity contribution in [2.75, 3.05) is 0 Å². The SMILES string of the molecule is Cl[Si]Cl.O=[Si](O)O.O=[Si](O)O. The maximum atomic E-state index is 8.74. The first kappa shape index (κ1) is 17.2. The molecular weight excluding hydrogens is 251 g/mol. The molecule has 11 heteroatoms. The highest BCUT2D eigenvalue weighted by Crippen LogP contribution is 1.67. The fourth-order valence-corrected chi connectivity index (χ4v) is 0. The van der Waals surface area contributed by atoms with Crippen molar-refractivity contribution in [2.45, 2.75) is 0 Å². The van der Waals surface area contributed by atoms with Crippen LogP contribution >= 0.6 is 22.2 Å². The van der Waals surface area contributed by atoms with Gasteiger partial charge in [0.05, 0.1) is 0 Å². The van der Waals surface area contributed by atoms with Crippen LogP contribution in [0, 0.1) is 0 Å². The van der Waals surface area contributed by atoms with E-state index >= 15 is 0 Å². The van der Waals surface area contributed by atoms with Crippen molar-refractivity contribution in [2.24, 2.45) is 0 Å². The normalized spacial score (nSPS) is 6.00. The summed E-state index contributed by atoms with van der Waals surface area (Å²) >= 11 is 9.58. The second kappa shape index (κ2) is 16.5. The molecule has 0 aliphatic rings. The largest absolute Gasteiger partial charge is 0.761 e. The Morgan fingerprint density at radius 1 is 0.909 bits per heavy atom. The zero-order valence-electron chi connectivity index (χ0n) is 4.86. The summed E-state index contributed by atoms with van der Waals surface area (Å²) in [4.78, 5) is 28.6. The summed E-state index contributed by atoms with van der Waals surface area (Å²) in [7, 11) is -6.23. The molecule has 0 aromatic carbocycles. The monoisotopic (exact) mass is 254 g/mol. The van der Waals surface area contributed by atoms with Gasteiger partial charge in [-0.15, -0.1) is 22.2 Å². The van der Waals surface area contributed by atoms with E-state index in [0.29, 0.717) is 0 Å². The maximum Gasteiger partial charge on any atom is 0.761 e. The first-order valence-corrected chi connectivity index (χ1v) is 7.31. The van der Waals surface area contributed by atoms with Gasteiger partial charge in [-0.1, -0.05) is 0 Å². The van der Waals surface area contributed by atoms with Crippen molar-refractivity contribution >= 4 is 48.6 Å². The smallest absolute Gasteiger partial charge is 0.511 e. The second-order valence-electron chi connectivity index (χ2n) is 0.637. The quantitative estimate of drug-likeness (QED) is 0.288. The van der Waals surface area contributed by atoms with Crippen LogP contribution in [0.5, 0.6) is 0 Å². The first-order chi connectivity index (χ1) is 4.88. The van der Waals surface area contributed by atoms with Gasteiger partial charge in [-0.25, -0.2) is 0 Å². The lowest BCUT2D eigenvalue weighted by Gasteiger charge is -1.55. The van der Waals surface area contributed by atoms with Crippen molar-refractivity contribution < 1.29 is 28.1 Å². The Morgan fingerprint density at radius 2 is 0.909 bits per heavy atom. The van der Waals surface area contributed by atoms with Gasteiger partial charge in [-0.2, -0.15) is 0 Å². The van der Waals surface area contributed by atoms with Gasteiger partial charge >= 0.3 is 18.3 Å². The lowest BCUT2D eigenvalue weighted by atomic mass is 15.8. The van der Waals surface area contributed by atoms with E-state index in [0.717, 1.165) is 0 Å².